The van der Waals surface area contributed by atoms with Crippen LogP contribution in [0.4, 0.5) is 4.39 Å². The summed E-state index contributed by atoms with van der Waals surface area (Å²) in [6.45, 7) is 2.59. The van der Waals surface area contributed by atoms with Gasteiger partial charge in [0.05, 0.1) is 6.54 Å². The summed E-state index contributed by atoms with van der Waals surface area (Å²) in [5.41, 5.74) is -0.299. The Labute approximate surface area is 132 Å². The molecule has 0 radical (unpaired) electrons. The smallest absolute Gasteiger partial charge is 0.297 e. The molecule has 0 aromatic carbocycles. The van der Waals surface area contributed by atoms with E-state index in [4.69, 9.17) is 0 Å². The molecular formula is C14H20FN5OS. The number of H-pyrrole nitrogens is 2. The predicted octanol–water partition coefficient (Wildman–Crippen LogP) is 1.20. The van der Waals surface area contributed by atoms with E-state index in [0.717, 1.165) is 13.1 Å². The van der Waals surface area contributed by atoms with Crippen molar-refractivity contribution >= 4 is 11.3 Å². The van der Waals surface area contributed by atoms with Crippen LogP contribution < -0.4 is 5.69 Å². The molecular weight excluding hydrogens is 305 g/mol. The lowest BCUT2D eigenvalue weighted by atomic mass is 10.2. The normalized spacial score (nSPS) is 22.7. The Morgan fingerprint density at radius 1 is 1.59 bits per heavy atom. The number of halogens is 1. The van der Waals surface area contributed by atoms with E-state index in [0.29, 0.717) is 25.3 Å². The van der Waals surface area contributed by atoms with Crippen LogP contribution in [0.25, 0.3) is 0 Å². The Hall–Kier alpha value is -1.51. The fourth-order valence-corrected chi connectivity index (χ4v) is 3.70. The van der Waals surface area contributed by atoms with E-state index in [9.17, 15) is 9.18 Å². The van der Waals surface area contributed by atoms with Crippen LogP contribution >= 0.6 is 11.3 Å². The van der Waals surface area contributed by atoms with Crippen LogP contribution in [0.2, 0.25) is 0 Å². The van der Waals surface area contributed by atoms with E-state index in [2.05, 4.69) is 31.0 Å². The largest absolute Gasteiger partial charge is 0.340 e. The summed E-state index contributed by atoms with van der Waals surface area (Å²) in [7, 11) is 1.96. The number of rotatable bonds is 6. The van der Waals surface area contributed by atoms with Gasteiger partial charge in [-0.25, -0.2) is 14.3 Å². The van der Waals surface area contributed by atoms with Crippen molar-refractivity contribution < 1.29 is 4.39 Å². The highest BCUT2D eigenvalue weighted by atomic mass is 32.1. The van der Waals surface area contributed by atoms with E-state index < -0.39 is 6.17 Å². The van der Waals surface area contributed by atoms with Crippen molar-refractivity contribution in [2.45, 2.75) is 31.7 Å². The van der Waals surface area contributed by atoms with Gasteiger partial charge in [0, 0.05) is 30.6 Å². The second kappa shape index (κ2) is 6.72. The van der Waals surface area contributed by atoms with Gasteiger partial charge in [-0.2, -0.15) is 5.10 Å². The standard InChI is InChI=1S/C14H20FN5OS/c1-19(9-13-16-14(21)18-17-13)7-11-5-10(15)6-20(11)8-12-3-2-4-22-12/h2-4,10-11H,5-9H2,1H3,(H2,16,17,18,21)/t10-,11-/m0/s1. The van der Waals surface area contributed by atoms with E-state index >= 15 is 0 Å². The van der Waals surface area contributed by atoms with Gasteiger partial charge in [0.15, 0.2) is 0 Å². The van der Waals surface area contributed by atoms with Crippen molar-refractivity contribution in [3.8, 4) is 0 Å². The molecule has 2 aromatic rings. The first-order valence-corrected chi connectivity index (χ1v) is 8.20. The highest BCUT2D eigenvalue weighted by Gasteiger charge is 2.32. The molecule has 1 aliphatic rings. The van der Waals surface area contributed by atoms with Crippen LogP contribution in [0.1, 0.15) is 17.1 Å². The molecule has 0 saturated carbocycles. The second-order valence-corrected chi connectivity index (χ2v) is 6.85. The van der Waals surface area contributed by atoms with Gasteiger partial charge in [-0.05, 0) is 24.9 Å². The van der Waals surface area contributed by atoms with Gasteiger partial charge in [0.1, 0.15) is 12.0 Å². The maximum atomic E-state index is 13.8. The van der Waals surface area contributed by atoms with Crippen molar-refractivity contribution in [2.24, 2.45) is 0 Å². The van der Waals surface area contributed by atoms with Crippen molar-refractivity contribution in [1.82, 2.24) is 25.0 Å². The minimum Gasteiger partial charge on any atom is -0.297 e. The van der Waals surface area contributed by atoms with Crippen LogP contribution in [-0.4, -0.2) is 57.3 Å². The first kappa shape index (κ1) is 15.4. The third kappa shape index (κ3) is 3.82. The third-order valence-electron chi connectivity index (χ3n) is 3.91. The fourth-order valence-electron chi connectivity index (χ4n) is 2.97. The summed E-state index contributed by atoms with van der Waals surface area (Å²) in [6, 6.07) is 4.30. The molecule has 3 heterocycles. The summed E-state index contributed by atoms with van der Waals surface area (Å²) in [5, 5.41) is 8.31. The Bertz CT molecular complexity index is 640. The molecule has 120 valence electrons. The van der Waals surface area contributed by atoms with Crippen LogP contribution in [0.5, 0.6) is 0 Å². The van der Waals surface area contributed by atoms with Crippen molar-refractivity contribution in [3.05, 3.63) is 38.7 Å². The Morgan fingerprint density at radius 2 is 2.45 bits per heavy atom. The van der Waals surface area contributed by atoms with Gasteiger partial charge in [-0.1, -0.05) is 6.07 Å². The lowest BCUT2D eigenvalue weighted by Gasteiger charge is -2.27. The summed E-state index contributed by atoms with van der Waals surface area (Å²) < 4.78 is 13.8. The van der Waals surface area contributed by atoms with E-state index in [1.54, 1.807) is 11.3 Å². The van der Waals surface area contributed by atoms with E-state index in [1.807, 2.05) is 18.5 Å². The zero-order chi connectivity index (χ0) is 15.5. The number of alkyl halides is 1. The molecule has 1 fully saturated rings. The molecule has 0 spiro atoms. The zero-order valence-corrected chi connectivity index (χ0v) is 13.3. The monoisotopic (exact) mass is 325 g/mol. The number of hydrogen-bond donors (Lipinski definition) is 2. The average molecular weight is 325 g/mol. The minimum absolute atomic E-state index is 0.188. The fraction of sp³-hybridized carbons (Fsp3) is 0.571. The summed E-state index contributed by atoms with van der Waals surface area (Å²) in [6.07, 6.45) is -0.198. The number of likely N-dealkylation sites (tertiary alicyclic amines) is 1. The molecule has 6 nitrogen and oxygen atoms in total. The lowest BCUT2D eigenvalue weighted by Crippen LogP contribution is -2.38. The van der Waals surface area contributed by atoms with Gasteiger partial charge >= 0.3 is 5.69 Å². The third-order valence-corrected chi connectivity index (χ3v) is 4.77. The van der Waals surface area contributed by atoms with E-state index in [-0.39, 0.29) is 11.7 Å². The molecule has 0 aliphatic carbocycles. The molecule has 1 saturated heterocycles. The van der Waals surface area contributed by atoms with E-state index in [1.165, 1.54) is 4.88 Å². The number of hydrogen-bond acceptors (Lipinski definition) is 5. The van der Waals surface area contributed by atoms with Crippen molar-refractivity contribution in [3.63, 3.8) is 0 Å². The average Bonchev–Trinajstić information content (AvgIpc) is 3.15. The van der Waals surface area contributed by atoms with Crippen LogP contribution in [-0.2, 0) is 13.1 Å². The minimum atomic E-state index is -0.761. The molecule has 2 aromatic heterocycles. The molecule has 1 aliphatic heterocycles. The van der Waals surface area contributed by atoms with Gasteiger partial charge in [0.2, 0.25) is 0 Å². The predicted molar refractivity (Wildman–Crippen MR) is 83.6 cm³/mol. The van der Waals surface area contributed by atoms with Crippen molar-refractivity contribution in [1.29, 1.82) is 0 Å². The van der Waals surface area contributed by atoms with Crippen LogP contribution in [0.15, 0.2) is 22.3 Å². The van der Waals surface area contributed by atoms with Crippen LogP contribution in [0, 0.1) is 0 Å². The molecule has 3 rings (SSSR count). The molecule has 2 N–H and O–H groups in total. The Morgan fingerprint density at radius 3 is 3.14 bits per heavy atom. The maximum absolute atomic E-state index is 13.8. The molecule has 0 amide bonds. The topological polar surface area (TPSA) is 68.0 Å². The molecule has 22 heavy (non-hydrogen) atoms. The molecule has 2 atom stereocenters. The number of nitrogens with one attached hydrogen (secondary N) is 2. The Balaban J connectivity index is 1.58. The van der Waals surface area contributed by atoms with Gasteiger partial charge in [-0.15, -0.1) is 11.3 Å². The number of aromatic nitrogens is 3. The highest BCUT2D eigenvalue weighted by Crippen LogP contribution is 2.24. The first-order valence-electron chi connectivity index (χ1n) is 7.33. The zero-order valence-electron chi connectivity index (χ0n) is 12.5. The molecule has 8 heteroatoms. The van der Waals surface area contributed by atoms with Gasteiger partial charge < -0.3 is 0 Å². The Kier molecular flexibility index (Phi) is 4.70. The SMILES string of the molecule is CN(Cc1n[nH]c(=O)[nH]1)C[C@@H]1C[C@H](F)CN1Cc1cccs1. The summed E-state index contributed by atoms with van der Waals surface area (Å²) in [5.74, 6) is 0.604. The number of thiophene rings is 1. The van der Waals surface area contributed by atoms with Gasteiger partial charge in [-0.3, -0.25) is 14.8 Å². The summed E-state index contributed by atoms with van der Waals surface area (Å²) in [4.78, 5) is 19.2. The number of aromatic amines is 2. The van der Waals surface area contributed by atoms with Crippen molar-refractivity contribution in [2.75, 3.05) is 20.1 Å². The van der Waals surface area contributed by atoms with Crippen LogP contribution in [0.3, 0.4) is 0 Å². The number of nitrogens with zero attached hydrogens (tertiary/aromatic N) is 3. The second-order valence-electron chi connectivity index (χ2n) is 5.82. The quantitative estimate of drug-likeness (QED) is 0.837. The highest BCUT2D eigenvalue weighted by molar-refractivity contribution is 7.09. The lowest BCUT2D eigenvalue weighted by molar-refractivity contribution is 0.180. The molecule has 0 unspecified atom stereocenters. The first-order chi connectivity index (χ1) is 10.6. The maximum Gasteiger partial charge on any atom is 0.340 e. The molecule has 0 bridgehead atoms. The summed E-state index contributed by atoms with van der Waals surface area (Å²) >= 11 is 1.71. The number of likely N-dealkylation sites (N-methyl/N-ethyl adjacent to an activating group) is 1. The van der Waals surface area contributed by atoms with Gasteiger partial charge in [0.25, 0.3) is 0 Å².